The Morgan fingerprint density at radius 3 is 2.02 bits per heavy atom. The van der Waals surface area contributed by atoms with E-state index < -0.39 is 40.2 Å². The van der Waals surface area contributed by atoms with Gasteiger partial charge in [-0.25, -0.2) is 8.42 Å². The Morgan fingerprint density at radius 2 is 1.40 bits per heavy atom. The van der Waals surface area contributed by atoms with Gasteiger partial charge in [-0.15, -0.1) is 0 Å². The number of hydrogen-bond donors (Lipinski definition) is 1. The van der Waals surface area contributed by atoms with E-state index in [1.807, 2.05) is 77.4 Å². The molecule has 9 nitrogen and oxygen atoms in total. The summed E-state index contributed by atoms with van der Waals surface area (Å²) >= 11 is 6.84. The van der Waals surface area contributed by atoms with Crippen molar-refractivity contribution in [2.75, 3.05) is 24.5 Å². The smallest absolute Gasteiger partial charge is 0.325 e. The largest absolute Gasteiger partial charge is 0.465 e. The van der Waals surface area contributed by atoms with Crippen molar-refractivity contribution in [3.8, 4) is 0 Å². The molecular weight excluding hydrogens is 638 g/mol. The fourth-order valence-electron chi connectivity index (χ4n) is 6.03. The third kappa shape index (κ3) is 7.68. The van der Waals surface area contributed by atoms with Crippen LogP contribution in [0.25, 0.3) is 0 Å². The van der Waals surface area contributed by atoms with Gasteiger partial charge in [0.25, 0.3) is 10.0 Å². The van der Waals surface area contributed by atoms with E-state index in [1.165, 1.54) is 0 Å². The molecule has 0 spiro atoms. The minimum atomic E-state index is -3.98. The van der Waals surface area contributed by atoms with Crippen LogP contribution in [0.15, 0.2) is 108 Å². The van der Waals surface area contributed by atoms with Crippen LogP contribution >= 0.6 is 11.6 Å². The van der Waals surface area contributed by atoms with Gasteiger partial charge in [0.05, 0.1) is 42.5 Å². The first-order valence-corrected chi connectivity index (χ1v) is 17.3. The number of ether oxygens (including phenoxy) is 2. The molecule has 4 aromatic carbocycles. The number of anilines is 1. The van der Waals surface area contributed by atoms with E-state index >= 15 is 0 Å². The molecule has 0 radical (unpaired) electrons. The molecule has 1 N–H and O–H groups in total. The number of hydrogen-bond acceptors (Lipinski definition) is 8. The first-order chi connectivity index (χ1) is 22.6. The average Bonchev–Trinajstić information content (AvgIpc) is 3.37. The Bertz CT molecular complexity index is 1790. The number of aryl methyl sites for hydroxylation is 1. The molecule has 1 aliphatic rings. The van der Waals surface area contributed by atoms with E-state index in [9.17, 15) is 18.0 Å². The lowest BCUT2D eigenvalue weighted by Gasteiger charge is -2.32. The van der Waals surface area contributed by atoms with E-state index in [4.69, 9.17) is 21.1 Å². The molecular formula is C36H38ClN3O6S. The summed E-state index contributed by atoms with van der Waals surface area (Å²) in [5.74, 6) is -0.925. The van der Waals surface area contributed by atoms with Crippen molar-refractivity contribution >= 4 is 39.3 Å². The molecule has 5 rings (SSSR count). The minimum Gasteiger partial charge on any atom is -0.465 e. The van der Waals surface area contributed by atoms with E-state index in [0.717, 1.165) is 16.7 Å². The maximum absolute atomic E-state index is 14.0. The van der Waals surface area contributed by atoms with Crippen LogP contribution in [0.2, 0.25) is 5.02 Å². The Balaban J connectivity index is 1.67. The number of carbonyl (C=O) groups is 2. The molecule has 4 aromatic rings. The summed E-state index contributed by atoms with van der Waals surface area (Å²) in [6, 6.07) is 29.0. The van der Waals surface area contributed by atoms with Gasteiger partial charge in [0.1, 0.15) is 6.04 Å². The second-order valence-electron chi connectivity index (χ2n) is 11.2. The average molecular weight is 676 g/mol. The van der Waals surface area contributed by atoms with Crippen molar-refractivity contribution in [2.24, 2.45) is 0 Å². The summed E-state index contributed by atoms with van der Waals surface area (Å²) in [6.07, 6.45) is -0.627. The summed E-state index contributed by atoms with van der Waals surface area (Å²) in [6.45, 7) is 5.64. The number of nitrogens with one attached hydrogen (secondary N) is 1. The van der Waals surface area contributed by atoms with E-state index in [1.54, 1.807) is 56.3 Å². The number of nitrogens with zero attached hydrogens (tertiary/aromatic N) is 2. The highest BCUT2D eigenvalue weighted by molar-refractivity contribution is 7.92. The highest BCUT2D eigenvalue weighted by atomic mass is 35.5. The molecule has 0 amide bonds. The molecule has 3 atom stereocenters. The zero-order valence-corrected chi connectivity index (χ0v) is 28.1. The fraction of sp³-hybridized carbons (Fsp3) is 0.278. The van der Waals surface area contributed by atoms with Gasteiger partial charge in [0.15, 0.2) is 0 Å². The van der Waals surface area contributed by atoms with Crippen LogP contribution < -0.4 is 4.72 Å². The van der Waals surface area contributed by atoms with Gasteiger partial charge >= 0.3 is 11.9 Å². The lowest BCUT2D eigenvalue weighted by atomic mass is 9.98. The van der Waals surface area contributed by atoms with Crippen LogP contribution in [0.3, 0.4) is 0 Å². The van der Waals surface area contributed by atoms with Crippen molar-refractivity contribution in [1.82, 2.24) is 9.80 Å². The number of esters is 2. The summed E-state index contributed by atoms with van der Waals surface area (Å²) < 4.78 is 40.8. The summed E-state index contributed by atoms with van der Waals surface area (Å²) in [5.41, 5.74) is 3.28. The lowest BCUT2D eigenvalue weighted by Crippen LogP contribution is -2.41. The van der Waals surface area contributed by atoms with Gasteiger partial charge < -0.3 is 9.47 Å². The zero-order chi connectivity index (χ0) is 33.6. The molecule has 0 saturated carbocycles. The van der Waals surface area contributed by atoms with Crippen molar-refractivity contribution in [2.45, 2.75) is 50.5 Å². The molecule has 0 bridgehead atoms. The van der Waals surface area contributed by atoms with Crippen molar-refractivity contribution in [3.63, 3.8) is 0 Å². The summed E-state index contributed by atoms with van der Waals surface area (Å²) in [4.78, 5) is 31.1. The van der Waals surface area contributed by atoms with Gasteiger partial charge in [0, 0.05) is 17.1 Å². The van der Waals surface area contributed by atoms with E-state index in [0.29, 0.717) is 10.6 Å². The van der Waals surface area contributed by atoms with Gasteiger partial charge in [-0.2, -0.15) is 0 Å². The highest BCUT2D eigenvalue weighted by Crippen LogP contribution is 2.47. The Hall–Kier alpha value is -4.22. The van der Waals surface area contributed by atoms with Crippen LogP contribution in [0.1, 0.15) is 48.3 Å². The van der Waals surface area contributed by atoms with Gasteiger partial charge in [-0.05, 0) is 56.2 Å². The molecule has 0 unspecified atom stereocenters. The third-order valence-electron chi connectivity index (χ3n) is 8.06. The van der Waals surface area contributed by atoms with E-state index in [-0.39, 0.29) is 36.9 Å². The number of carbonyl (C=O) groups excluding carboxylic acids is 2. The topological polar surface area (TPSA) is 105 Å². The predicted octanol–water partition coefficient (Wildman–Crippen LogP) is 6.50. The molecule has 0 aliphatic carbocycles. The van der Waals surface area contributed by atoms with E-state index in [2.05, 4.69) is 4.72 Å². The van der Waals surface area contributed by atoms with Crippen molar-refractivity contribution < 1.29 is 27.5 Å². The Morgan fingerprint density at radius 1 is 0.787 bits per heavy atom. The number of halogens is 1. The molecule has 11 heteroatoms. The van der Waals surface area contributed by atoms with Crippen LogP contribution in [0.4, 0.5) is 5.69 Å². The van der Waals surface area contributed by atoms with Gasteiger partial charge in [0.2, 0.25) is 0 Å². The maximum atomic E-state index is 14.0. The van der Waals surface area contributed by atoms with Gasteiger partial charge in [-0.1, -0.05) is 96.0 Å². The molecule has 1 saturated heterocycles. The van der Waals surface area contributed by atoms with Crippen LogP contribution in [0.5, 0.6) is 0 Å². The SMILES string of the molecule is CCOC(=O)CN1[C@@H](c2ccccc2)N(Cc2c(Cl)cccc2NS(=O)(=O)c2ccc(C)cc2)[C@@H](C(=O)OCC)[C@H]1c1ccccc1. The van der Waals surface area contributed by atoms with Crippen LogP contribution in [-0.2, 0) is 35.6 Å². The molecule has 1 heterocycles. The molecule has 1 aliphatic heterocycles. The van der Waals surface area contributed by atoms with Crippen LogP contribution in [-0.4, -0.2) is 56.0 Å². The monoisotopic (exact) mass is 675 g/mol. The highest BCUT2D eigenvalue weighted by Gasteiger charge is 2.53. The fourth-order valence-corrected chi connectivity index (χ4v) is 7.35. The number of rotatable bonds is 12. The number of sulfonamides is 1. The quantitative estimate of drug-likeness (QED) is 0.170. The molecule has 246 valence electrons. The molecule has 1 fully saturated rings. The minimum absolute atomic E-state index is 0.0388. The second-order valence-corrected chi connectivity index (χ2v) is 13.3. The van der Waals surface area contributed by atoms with Gasteiger partial charge in [-0.3, -0.25) is 24.1 Å². The first kappa shape index (κ1) is 34.1. The second kappa shape index (κ2) is 15.1. The summed E-state index contributed by atoms with van der Waals surface area (Å²) in [5, 5.41) is 0.309. The maximum Gasteiger partial charge on any atom is 0.325 e. The lowest BCUT2D eigenvalue weighted by molar-refractivity contribution is -0.150. The Kier molecular flexibility index (Phi) is 11.0. The van der Waals surface area contributed by atoms with Crippen LogP contribution in [0, 0.1) is 6.92 Å². The standard InChI is InChI=1S/C36H38ClN3O6S/c1-4-45-32(41)24-40-33(26-13-8-6-9-14-26)34(36(42)46-5-2)39(35(40)27-15-10-7-11-16-27)23-29-30(37)17-12-18-31(29)38-47(43,44)28-21-19-25(3)20-22-28/h6-22,33-35,38H,4-5,23-24H2,1-3H3/t33-,34-,35+/m1/s1. The molecule has 0 aromatic heterocycles. The van der Waals surface area contributed by atoms with Crippen molar-refractivity contribution in [1.29, 1.82) is 0 Å². The molecule has 47 heavy (non-hydrogen) atoms. The first-order valence-electron chi connectivity index (χ1n) is 15.4. The predicted molar refractivity (Wildman–Crippen MR) is 181 cm³/mol. The van der Waals surface area contributed by atoms with Crippen molar-refractivity contribution in [3.05, 3.63) is 130 Å². The summed E-state index contributed by atoms with van der Waals surface area (Å²) in [7, 11) is -3.98. The number of benzene rings is 4. The third-order valence-corrected chi connectivity index (χ3v) is 9.80. The normalized spacial score (nSPS) is 18.5. The zero-order valence-electron chi connectivity index (χ0n) is 26.5. The Labute approximate surface area is 281 Å².